The van der Waals surface area contributed by atoms with Gasteiger partial charge < -0.3 is 10.2 Å². The third-order valence-corrected chi connectivity index (χ3v) is 4.38. The summed E-state index contributed by atoms with van der Waals surface area (Å²) in [6.45, 7) is 0.323. The molecule has 0 radical (unpaired) electrons. The van der Waals surface area contributed by atoms with Crippen molar-refractivity contribution in [2.24, 2.45) is 0 Å². The second-order valence-electron chi connectivity index (χ2n) is 5.84. The van der Waals surface area contributed by atoms with E-state index in [0.717, 1.165) is 11.1 Å². The fraction of sp³-hybridized carbons (Fsp3) is 0.222. The highest BCUT2D eigenvalue weighted by Crippen LogP contribution is 2.25. The highest BCUT2D eigenvalue weighted by molar-refractivity contribution is 5.98. The Morgan fingerprint density at radius 2 is 1.76 bits per heavy atom. The third-order valence-electron chi connectivity index (χ3n) is 4.38. The van der Waals surface area contributed by atoms with Crippen molar-refractivity contribution in [1.82, 2.24) is 10.2 Å². The molecule has 1 aliphatic rings. The Kier molecular flexibility index (Phi) is 4.47. The van der Waals surface area contributed by atoms with Crippen LogP contribution in [-0.2, 0) is 17.8 Å². The summed E-state index contributed by atoms with van der Waals surface area (Å²) in [5.74, 6) is -0.553. The first-order valence-corrected chi connectivity index (χ1v) is 7.85. The van der Waals surface area contributed by atoms with Crippen molar-refractivity contribution in [3.63, 3.8) is 0 Å². The zero-order chi connectivity index (χ0) is 18.0. The molecule has 0 bridgehead atoms. The molecule has 0 saturated heterocycles. The van der Waals surface area contributed by atoms with Crippen LogP contribution in [0.3, 0.4) is 0 Å². The van der Waals surface area contributed by atoms with Gasteiger partial charge in [0.15, 0.2) is 0 Å². The molecule has 3 rings (SSSR count). The maximum atomic E-state index is 12.9. The Morgan fingerprint density at radius 1 is 1.12 bits per heavy atom. The topological polar surface area (TPSA) is 92.6 Å². The number of nitro benzene ring substituents is 1. The maximum Gasteiger partial charge on any atom is 0.269 e. The average molecular weight is 339 g/mol. The normalized spacial score (nSPS) is 16.0. The molecule has 128 valence electrons. The van der Waals surface area contributed by atoms with E-state index in [0.29, 0.717) is 18.5 Å². The lowest BCUT2D eigenvalue weighted by molar-refractivity contribution is -0.384. The van der Waals surface area contributed by atoms with Crippen LogP contribution in [-0.4, -0.2) is 34.7 Å². The largest absolute Gasteiger partial charge is 0.357 e. The van der Waals surface area contributed by atoms with E-state index in [4.69, 9.17) is 0 Å². The first-order chi connectivity index (χ1) is 12.0. The molecule has 2 aromatic carbocycles. The Hall–Kier alpha value is -3.22. The molecule has 1 aliphatic heterocycles. The molecule has 7 nitrogen and oxygen atoms in total. The standard InChI is InChI=1S/C18H17N3O4/c1-19-17(22)16-10-13-4-2-3-5-14(13)11-20(16)18(23)12-6-8-15(9-7-12)21(24)25/h2-9,16H,10-11H2,1H3,(H,19,22). The Bertz CT molecular complexity index is 832. The molecule has 7 heteroatoms. The lowest BCUT2D eigenvalue weighted by Crippen LogP contribution is -2.51. The number of nitrogens with zero attached hydrogens (tertiary/aromatic N) is 2. The fourth-order valence-corrected chi connectivity index (χ4v) is 3.03. The van der Waals surface area contributed by atoms with Gasteiger partial charge in [-0.15, -0.1) is 0 Å². The summed E-state index contributed by atoms with van der Waals surface area (Å²) in [6, 6.07) is 12.5. The van der Waals surface area contributed by atoms with E-state index in [1.807, 2.05) is 24.3 Å². The lowest BCUT2D eigenvalue weighted by Gasteiger charge is -2.35. The molecular formula is C18H17N3O4. The number of hydrogen-bond donors (Lipinski definition) is 1. The summed E-state index contributed by atoms with van der Waals surface area (Å²) >= 11 is 0. The van der Waals surface area contributed by atoms with Crippen molar-refractivity contribution >= 4 is 17.5 Å². The van der Waals surface area contributed by atoms with Gasteiger partial charge in [-0.1, -0.05) is 24.3 Å². The number of non-ortho nitro benzene ring substituents is 1. The van der Waals surface area contributed by atoms with Gasteiger partial charge >= 0.3 is 0 Å². The first-order valence-electron chi connectivity index (χ1n) is 7.85. The summed E-state index contributed by atoms with van der Waals surface area (Å²) in [5.41, 5.74) is 2.28. The second-order valence-corrected chi connectivity index (χ2v) is 5.84. The van der Waals surface area contributed by atoms with Gasteiger partial charge in [-0.2, -0.15) is 0 Å². The second kappa shape index (κ2) is 6.72. The van der Waals surface area contributed by atoms with Crippen LogP contribution in [0.2, 0.25) is 0 Å². The fourth-order valence-electron chi connectivity index (χ4n) is 3.03. The number of carbonyl (C=O) groups excluding carboxylic acids is 2. The zero-order valence-corrected chi connectivity index (χ0v) is 13.6. The quantitative estimate of drug-likeness (QED) is 0.683. The molecule has 1 N–H and O–H groups in total. The van der Waals surface area contributed by atoms with Crippen molar-refractivity contribution in [3.8, 4) is 0 Å². The third kappa shape index (κ3) is 3.21. The van der Waals surface area contributed by atoms with E-state index in [2.05, 4.69) is 5.32 Å². The summed E-state index contributed by atoms with van der Waals surface area (Å²) < 4.78 is 0. The van der Waals surface area contributed by atoms with Crippen molar-refractivity contribution in [3.05, 3.63) is 75.3 Å². The Labute approximate surface area is 144 Å². The Balaban J connectivity index is 1.93. The van der Waals surface area contributed by atoms with E-state index in [-0.39, 0.29) is 17.5 Å². The van der Waals surface area contributed by atoms with Crippen molar-refractivity contribution in [1.29, 1.82) is 0 Å². The number of nitro groups is 1. The smallest absolute Gasteiger partial charge is 0.269 e. The molecular weight excluding hydrogens is 322 g/mol. The van der Waals surface area contributed by atoms with Crippen LogP contribution in [0.4, 0.5) is 5.69 Å². The van der Waals surface area contributed by atoms with Crippen LogP contribution in [0.5, 0.6) is 0 Å². The number of benzene rings is 2. The number of likely N-dealkylation sites (N-methyl/N-ethyl adjacent to an activating group) is 1. The van der Waals surface area contributed by atoms with Gasteiger partial charge in [0.1, 0.15) is 6.04 Å². The molecule has 0 spiro atoms. The summed E-state index contributed by atoms with van der Waals surface area (Å²) in [5, 5.41) is 13.4. The van der Waals surface area contributed by atoms with Crippen LogP contribution in [0.25, 0.3) is 0 Å². The van der Waals surface area contributed by atoms with Crippen molar-refractivity contribution in [2.75, 3.05) is 7.05 Å². The molecule has 1 atom stereocenters. The van der Waals surface area contributed by atoms with E-state index in [1.165, 1.54) is 36.2 Å². The van der Waals surface area contributed by atoms with Gasteiger partial charge in [-0.25, -0.2) is 0 Å². The van der Waals surface area contributed by atoms with E-state index in [1.54, 1.807) is 0 Å². The van der Waals surface area contributed by atoms with E-state index < -0.39 is 11.0 Å². The van der Waals surface area contributed by atoms with E-state index in [9.17, 15) is 19.7 Å². The summed E-state index contributed by atoms with van der Waals surface area (Å²) in [6.07, 6.45) is 0.439. The van der Waals surface area contributed by atoms with Gasteiger partial charge in [-0.05, 0) is 23.3 Å². The highest BCUT2D eigenvalue weighted by Gasteiger charge is 2.34. The minimum absolute atomic E-state index is 0.0802. The summed E-state index contributed by atoms with van der Waals surface area (Å²) in [4.78, 5) is 36.9. The monoisotopic (exact) mass is 339 g/mol. The van der Waals surface area contributed by atoms with Crippen LogP contribution < -0.4 is 5.32 Å². The maximum absolute atomic E-state index is 12.9. The number of hydrogen-bond acceptors (Lipinski definition) is 4. The minimum Gasteiger partial charge on any atom is -0.357 e. The molecule has 2 aromatic rings. The van der Waals surface area contributed by atoms with Gasteiger partial charge in [0.05, 0.1) is 4.92 Å². The van der Waals surface area contributed by atoms with Crippen molar-refractivity contribution in [2.45, 2.75) is 19.0 Å². The molecule has 0 aliphatic carbocycles. The van der Waals surface area contributed by atoms with Gasteiger partial charge in [0.25, 0.3) is 11.6 Å². The predicted octanol–water partition coefficient (Wildman–Crippen LogP) is 1.91. The zero-order valence-electron chi connectivity index (χ0n) is 13.6. The number of rotatable bonds is 3. The SMILES string of the molecule is CNC(=O)C1Cc2ccccc2CN1C(=O)c1ccc([N+](=O)[O-])cc1. The molecule has 2 amide bonds. The van der Waals surface area contributed by atoms with Crippen LogP contribution >= 0.6 is 0 Å². The van der Waals surface area contributed by atoms with Gasteiger partial charge in [0.2, 0.25) is 5.91 Å². The van der Waals surface area contributed by atoms with Crippen LogP contribution in [0.15, 0.2) is 48.5 Å². The minimum atomic E-state index is -0.609. The molecule has 25 heavy (non-hydrogen) atoms. The Morgan fingerprint density at radius 3 is 2.36 bits per heavy atom. The number of nitrogens with one attached hydrogen (secondary N) is 1. The average Bonchev–Trinajstić information content (AvgIpc) is 2.65. The number of fused-ring (bicyclic) bond motifs is 1. The molecule has 0 fully saturated rings. The molecule has 1 heterocycles. The molecule has 1 unspecified atom stereocenters. The predicted molar refractivity (Wildman–Crippen MR) is 91.0 cm³/mol. The number of amides is 2. The highest BCUT2D eigenvalue weighted by atomic mass is 16.6. The van der Waals surface area contributed by atoms with Crippen molar-refractivity contribution < 1.29 is 14.5 Å². The lowest BCUT2D eigenvalue weighted by atomic mass is 9.93. The number of carbonyl (C=O) groups is 2. The molecule has 0 saturated carbocycles. The molecule has 0 aromatic heterocycles. The van der Waals surface area contributed by atoms with Gasteiger partial charge in [-0.3, -0.25) is 19.7 Å². The van der Waals surface area contributed by atoms with Crippen LogP contribution in [0.1, 0.15) is 21.5 Å². The van der Waals surface area contributed by atoms with Crippen LogP contribution in [0, 0.1) is 10.1 Å². The van der Waals surface area contributed by atoms with Gasteiger partial charge in [0, 0.05) is 37.7 Å². The van der Waals surface area contributed by atoms with E-state index >= 15 is 0 Å². The summed E-state index contributed by atoms with van der Waals surface area (Å²) in [7, 11) is 1.54. The first kappa shape index (κ1) is 16.6.